The van der Waals surface area contributed by atoms with E-state index in [4.69, 9.17) is 26.8 Å². The zero-order chi connectivity index (χ0) is 20.8. The van der Waals surface area contributed by atoms with Gasteiger partial charge in [-0.2, -0.15) is 0 Å². The smallest absolute Gasteiger partial charge is 0.164 e. The Balaban J connectivity index is 1.36. The van der Waals surface area contributed by atoms with Gasteiger partial charge in [0.15, 0.2) is 6.23 Å². The highest BCUT2D eigenvalue weighted by Crippen LogP contribution is 2.35. The molecule has 30 heavy (non-hydrogen) atoms. The van der Waals surface area contributed by atoms with E-state index < -0.39 is 24.5 Å². The first kappa shape index (κ1) is 19.0. The number of halogens is 1. The van der Waals surface area contributed by atoms with Crippen LogP contribution in [0, 0.1) is 0 Å². The van der Waals surface area contributed by atoms with Gasteiger partial charge in [-0.25, -0.2) is 9.97 Å². The van der Waals surface area contributed by atoms with Crippen molar-refractivity contribution in [2.45, 2.75) is 24.5 Å². The van der Waals surface area contributed by atoms with Crippen molar-refractivity contribution in [1.82, 2.24) is 19.5 Å². The maximum absolute atomic E-state index is 10.6. The second-order valence-electron chi connectivity index (χ2n) is 7.03. The molecule has 4 atom stereocenters. The van der Waals surface area contributed by atoms with Crippen LogP contribution in [0.4, 0.5) is 5.82 Å². The molecule has 0 bridgehead atoms. The lowest BCUT2D eigenvalue weighted by Crippen LogP contribution is -2.34. The molecule has 1 saturated heterocycles. The SMILES string of the molecule is Nc1ncnc2c1ccn2[C@@H]1O[C@H](COc2ccc3cccnc3c2Cl)[C@@H](O)[C@H]1O. The van der Waals surface area contributed by atoms with Crippen LogP contribution in [0.25, 0.3) is 21.9 Å². The summed E-state index contributed by atoms with van der Waals surface area (Å²) in [6.45, 7) is -0.0108. The topological polar surface area (TPSA) is 129 Å². The van der Waals surface area contributed by atoms with E-state index in [0.29, 0.717) is 33.1 Å². The fraction of sp³-hybridized carbons (Fsp3) is 0.250. The van der Waals surface area contributed by atoms with Crippen molar-refractivity contribution in [3.05, 3.63) is 54.1 Å². The molecule has 1 aliphatic heterocycles. The first-order valence-electron chi connectivity index (χ1n) is 9.29. The molecule has 0 radical (unpaired) electrons. The Labute approximate surface area is 175 Å². The quantitative estimate of drug-likeness (QED) is 0.450. The van der Waals surface area contributed by atoms with Crippen molar-refractivity contribution in [3.8, 4) is 5.75 Å². The number of anilines is 1. The number of nitrogens with two attached hydrogens (primary N) is 1. The van der Waals surface area contributed by atoms with Gasteiger partial charge in [-0.3, -0.25) is 4.98 Å². The lowest BCUT2D eigenvalue weighted by atomic mass is 10.1. The number of aromatic nitrogens is 4. The average molecular weight is 428 g/mol. The van der Waals surface area contributed by atoms with Gasteiger partial charge in [0.2, 0.25) is 0 Å². The second-order valence-corrected chi connectivity index (χ2v) is 7.41. The van der Waals surface area contributed by atoms with Gasteiger partial charge in [-0.05, 0) is 24.3 Å². The predicted molar refractivity (Wildman–Crippen MR) is 110 cm³/mol. The highest BCUT2D eigenvalue weighted by molar-refractivity contribution is 6.36. The number of hydrogen-bond acceptors (Lipinski definition) is 8. The summed E-state index contributed by atoms with van der Waals surface area (Å²) in [5.41, 5.74) is 7.00. The molecule has 3 aromatic heterocycles. The molecule has 4 heterocycles. The molecule has 4 N–H and O–H groups in total. The summed E-state index contributed by atoms with van der Waals surface area (Å²) in [5, 5.41) is 23.0. The van der Waals surface area contributed by atoms with Crippen molar-refractivity contribution in [2.75, 3.05) is 12.3 Å². The predicted octanol–water partition coefficient (Wildman–Crippen LogP) is 1.91. The molecule has 0 spiro atoms. The van der Waals surface area contributed by atoms with E-state index in [1.54, 1.807) is 29.1 Å². The van der Waals surface area contributed by atoms with Crippen molar-refractivity contribution in [3.63, 3.8) is 0 Å². The first-order valence-corrected chi connectivity index (χ1v) is 9.67. The Bertz CT molecular complexity index is 1230. The zero-order valence-electron chi connectivity index (χ0n) is 15.6. The lowest BCUT2D eigenvalue weighted by molar-refractivity contribution is -0.0471. The van der Waals surface area contributed by atoms with Gasteiger partial charge in [0, 0.05) is 17.8 Å². The Hall–Kier alpha value is -2.98. The normalized spacial score (nSPS) is 24.0. The van der Waals surface area contributed by atoms with E-state index in [0.717, 1.165) is 5.39 Å². The van der Waals surface area contributed by atoms with Gasteiger partial charge in [0.1, 0.15) is 53.5 Å². The Morgan fingerprint density at radius 3 is 2.87 bits per heavy atom. The molecule has 1 aliphatic rings. The van der Waals surface area contributed by atoms with E-state index in [9.17, 15) is 10.2 Å². The molecule has 0 aliphatic carbocycles. The number of aliphatic hydroxyl groups is 2. The molecule has 154 valence electrons. The molecule has 4 aromatic rings. The minimum Gasteiger partial charge on any atom is -0.489 e. The maximum atomic E-state index is 10.6. The van der Waals surface area contributed by atoms with Gasteiger partial charge in [0.05, 0.1) is 10.9 Å². The first-order chi connectivity index (χ1) is 14.5. The number of ether oxygens (including phenoxy) is 2. The molecule has 1 fully saturated rings. The average Bonchev–Trinajstić information content (AvgIpc) is 3.30. The van der Waals surface area contributed by atoms with Crippen LogP contribution in [0.3, 0.4) is 0 Å². The molecule has 9 nitrogen and oxygen atoms in total. The Kier molecular flexibility index (Phi) is 4.67. The lowest BCUT2D eigenvalue weighted by Gasteiger charge is -2.17. The standard InChI is InChI=1S/C20H18ClN5O4/c21-14-12(4-3-10-2-1-6-23-15(10)14)29-8-13-16(27)17(28)20(30-13)26-7-5-11-18(22)24-9-25-19(11)26/h1-7,9,13,16-17,20,27-28H,8H2,(H2,22,24,25)/t13-,16-,17-,20-/m1/s1. The van der Waals surface area contributed by atoms with E-state index in [1.807, 2.05) is 18.2 Å². The summed E-state index contributed by atoms with van der Waals surface area (Å²) in [6, 6.07) is 9.05. The maximum Gasteiger partial charge on any atom is 0.164 e. The summed E-state index contributed by atoms with van der Waals surface area (Å²) >= 11 is 6.41. The van der Waals surface area contributed by atoms with Gasteiger partial charge < -0.3 is 30.0 Å². The number of rotatable bonds is 4. The number of aliphatic hydroxyl groups excluding tert-OH is 2. The largest absolute Gasteiger partial charge is 0.489 e. The van der Waals surface area contributed by atoms with Crippen LogP contribution in [0.2, 0.25) is 5.02 Å². The highest BCUT2D eigenvalue weighted by atomic mass is 35.5. The summed E-state index contributed by atoms with van der Waals surface area (Å²) < 4.78 is 13.3. The van der Waals surface area contributed by atoms with E-state index in [2.05, 4.69) is 15.0 Å². The molecule has 1 aromatic carbocycles. The number of nitrogens with zero attached hydrogens (tertiary/aromatic N) is 4. The molecule has 0 unspecified atom stereocenters. The fourth-order valence-electron chi connectivity index (χ4n) is 3.67. The molecule has 0 amide bonds. The number of fused-ring (bicyclic) bond motifs is 2. The van der Waals surface area contributed by atoms with Crippen molar-refractivity contribution >= 4 is 39.4 Å². The third kappa shape index (κ3) is 3.03. The van der Waals surface area contributed by atoms with Crippen LogP contribution in [0.1, 0.15) is 6.23 Å². The summed E-state index contributed by atoms with van der Waals surface area (Å²) in [5.74, 6) is 0.745. The molecule has 0 saturated carbocycles. The molecule has 5 rings (SSSR count). The number of nitrogen functional groups attached to an aromatic ring is 1. The van der Waals surface area contributed by atoms with E-state index in [-0.39, 0.29) is 6.61 Å². The number of pyridine rings is 1. The Morgan fingerprint density at radius 1 is 1.13 bits per heavy atom. The number of hydrogen-bond donors (Lipinski definition) is 3. The van der Waals surface area contributed by atoms with Crippen molar-refractivity contribution in [2.24, 2.45) is 0 Å². The highest BCUT2D eigenvalue weighted by Gasteiger charge is 2.44. The third-order valence-corrected chi connectivity index (χ3v) is 5.60. The molecule has 10 heteroatoms. The zero-order valence-corrected chi connectivity index (χ0v) is 16.3. The molecular formula is C20H18ClN5O4. The van der Waals surface area contributed by atoms with Crippen LogP contribution in [-0.4, -0.2) is 54.7 Å². The van der Waals surface area contributed by atoms with Gasteiger partial charge in [-0.1, -0.05) is 17.7 Å². The number of benzene rings is 1. The van der Waals surface area contributed by atoms with Crippen LogP contribution in [0.5, 0.6) is 5.75 Å². The van der Waals surface area contributed by atoms with E-state index >= 15 is 0 Å². The van der Waals surface area contributed by atoms with E-state index in [1.165, 1.54) is 6.33 Å². The second kappa shape index (κ2) is 7.37. The summed E-state index contributed by atoms with van der Waals surface area (Å²) in [6.07, 6.45) is 0.697. The van der Waals surface area contributed by atoms with Gasteiger partial charge >= 0.3 is 0 Å². The van der Waals surface area contributed by atoms with Crippen molar-refractivity contribution in [1.29, 1.82) is 0 Å². The van der Waals surface area contributed by atoms with Gasteiger partial charge in [0.25, 0.3) is 0 Å². The summed E-state index contributed by atoms with van der Waals surface area (Å²) in [7, 11) is 0. The van der Waals surface area contributed by atoms with Crippen molar-refractivity contribution < 1.29 is 19.7 Å². The van der Waals surface area contributed by atoms with Crippen LogP contribution in [-0.2, 0) is 4.74 Å². The minimum atomic E-state index is -1.18. The fourth-order valence-corrected chi connectivity index (χ4v) is 3.94. The molecular weight excluding hydrogens is 410 g/mol. The minimum absolute atomic E-state index is 0.0108. The van der Waals surface area contributed by atoms with Crippen LogP contribution >= 0.6 is 11.6 Å². The Morgan fingerprint density at radius 2 is 2.00 bits per heavy atom. The van der Waals surface area contributed by atoms with Crippen LogP contribution < -0.4 is 10.5 Å². The summed E-state index contributed by atoms with van der Waals surface area (Å²) in [4.78, 5) is 12.4. The third-order valence-electron chi connectivity index (χ3n) is 5.23. The monoisotopic (exact) mass is 427 g/mol. The van der Waals surface area contributed by atoms with Gasteiger partial charge in [-0.15, -0.1) is 0 Å². The van der Waals surface area contributed by atoms with Crippen LogP contribution in [0.15, 0.2) is 49.1 Å².